The van der Waals surface area contributed by atoms with Crippen LogP contribution in [0.4, 0.5) is 14.5 Å². The lowest BCUT2D eigenvalue weighted by molar-refractivity contribution is -0.387. The summed E-state index contributed by atoms with van der Waals surface area (Å²) in [5.41, 5.74) is -1.55. The van der Waals surface area contributed by atoms with Crippen LogP contribution in [0, 0.1) is 27.7 Å². The molecule has 1 rings (SSSR count). The lowest BCUT2D eigenvalue weighted by Crippen LogP contribution is -2.29. The number of rotatable bonds is 6. The fourth-order valence-corrected chi connectivity index (χ4v) is 1.54. The number of hydrogen-bond donors (Lipinski definition) is 2. The Balaban J connectivity index is 2.87. The highest BCUT2D eigenvalue weighted by Crippen LogP contribution is 2.21. The first kappa shape index (κ1) is 16.0. The third-order valence-corrected chi connectivity index (χ3v) is 2.71. The van der Waals surface area contributed by atoms with Crippen molar-refractivity contribution >= 4 is 11.6 Å². The summed E-state index contributed by atoms with van der Waals surface area (Å²) in [4.78, 5) is 21.2. The number of nitrogens with zero attached hydrogens (tertiary/aromatic N) is 1. The molecule has 1 aromatic rings. The molecule has 0 aliphatic carbocycles. The molecule has 0 radical (unpaired) electrons. The van der Waals surface area contributed by atoms with Gasteiger partial charge in [0.25, 0.3) is 5.91 Å². The van der Waals surface area contributed by atoms with Crippen LogP contribution in [0.15, 0.2) is 12.1 Å². The van der Waals surface area contributed by atoms with Gasteiger partial charge in [-0.1, -0.05) is 6.92 Å². The van der Waals surface area contributed by atoms with Gasteiger partial charge in [0.2, 0.25) is 5.82 Å². The number of aliphatic hydroxyl groups excluding tert-OH is 1. The number of amides is 1. The molecule has 8 heteroatoms. The first-order chi connectivity index (χ1) is 9.36. The number of nitrogens with one attached hydrogen (secondary N) is 1. The average Bonchev–Trinajstić information content (AvgIpc) is 2.36. The Kier molecular flexibility index (Phi) is 5.51. The number of aliphatic hydroxyl groups is 1. The Labute approximate surface area is 113 Å². The van der Waals surface area contributed by atoms with Crippen LogP contribution < -0.4 is 5.32 Å². The highest BCUT2D eigenvalue weighted by atomic mass is 19.1. The van der Waals surface area contributed by atoms with E-state index in [4.69, 9.17) is 5.11 Å². The van der Waals surface area contributed by atoms with Crippen molar-refractivity contribution in [2.75, 3.05) is 13.2 Å². The third kappa shape index (κ3) is 3.95. The van der Waals surface area contributed by atoms with Crippen LogP contribution in [0.25, 0.3) is 0 Å². The zero-order valence-corrected chi connectivity index (χ0v) is 10.7. The smallest absolute Gasteiger partial charge is 0.305 e. The number of benzene rings is 1. The van der Waals surface area contributed by atoms with Crippen LogP contribution in [0.2, 0.25) is 0 Å². The molecule has 20 heavy (non-hydrogen) atoms. The second-order valence-electron chi connectivity index (χ2n) is 4.37. The molecule has 0 aromatic heterocycles. The Morgan fingerprint density at radius 2 is 2.10 bits per heavy atom. The molecule has 110 valence electrons. The number of hydrogen-bond acceptors (Lipinski definition) is 4. The van der Waals surface area contributed by atoms with Crippen molar-refractivity contribution in [3.05, 3.63) is 39.4 Å². The molecule has 1 amide bonds. The van der Waals surface area contributed by atoms with Gasteiger partial charge in [0.05, 0.1) is 10.5 Å². The topological polar surface area (TPSA) is 92.5 Å². The lowest BCUT2D eigenvalue weighted by Gasteiger charge is -2.11. The molecule has 0 saturated carbocycles. The molecule has 0 aliphatic rings. The Hall–Kier alpha value is -2.09. The van der Waals surface area contributed by atoms with Crippen molar-refractivity contribution < 1.29 is 23.6 Å². The van der Waals surface area contributed by atoms with Gasteiger partial charge < -0.3 is 10.4 Å². The van der Waals surface area contributed by atoms with Crippen LogP contribution >= 0.6 is 0 Å². The van der Waals surface area contributed by atoms with Gasteiger partial charge in [-0.2, -0.15) is 4.39 Å². The van der Waals surface area contributed by atoms with E-state index in [-0.39, 0.29) is 19.1 Å². The van der Waals surface area contributed by atoms with Crippen LogP contribution in [0.1, 0.15) is 23.7 Å². The summed E-state index contributed by atoms with van der Waals surface area (Å²) >= 11 is 0. The maximum Gasteiger partial charge on any atom is 0.305 e. The Bertz CT molecular complexity index is 522. The van der Waals surface area contributed by atoms with E-state index >= 15 is 0 Å². The van der Waals surface area contributed by atoms with E-state index in [1.165, 1.54) is 0 Å². The molecule has 1 atom stereocenters. The minimum atomic E-state index is -1.34. The van der Waals surface area contributed by atoms with Crippen molar-refractivity contribution in [1.82, 2.24) is 5.32 Å². The molecule has 0 aliphatic heterocycles. The Morgan fingerprint density at radius 1 is 1.45 bits per heavy atom. The van der Waals surface area contributed by atoms with Gasteiger partial charge in [0.1, 0.15) is 5.82 Å². The zero-order valence-electron chi connectivity index (χ0n) is 10.7. The summed E-state index contributed by atoms with van der Waals surface area (Å²) in [5.74, 6) is -3.41. The van der Waals surface area contributed by atoms with Crippen molar-refractivity contribution in [1.29, 1.82) is 0 Å². The maximum atomic E-state index is 13.5. The predicted octanol–water partition coefficient (Wildman–Crippen LogP) is 1.62. The van der Waals surface area contributed by atoms with Crippen LogP contribution in [0.3, 0.4) is 0 Å². The van der Waals surface area contributed by atoms with Gasteiger partial charge in [-0.25, -0.2) is 4.39 Å². The van der Waals surface area contributed by atoms with E-state index in [1.54, 1.807) is 6.92 Å². The molecular formula is C12H14F2N2O4. The first-order valence-corrected chi connectivity index (χ1v) is 5.89. The monoisotopic (exact) mass is 288 g/mol. The normalized spacial score (nSPS) is 12.0. The van der Waals surface area contributed by atoms with E-state index in [9.17, 15) is 23.7 Å². The van der Waals surface area contributed by atoms with E-state index < -0.39 is 33.7 Å². The van der Waals surface area contributed by atoms with Gasteiger partial charge in [-0.05, 0) is 12.3 Å². The highest BCUT2D eigenvalue weighted by molar-refractivity contribution is 5.95. The molecule has 0 spiro atoms. The molecule has 1 unspecified atom stereocenters. The standard InChI is InChI=1S/C12H14F2N2O4/c1-7(2-3-17)6-15-12(18)8-4-11(16(19)20)10(14)5-9(8)13/h4-5,7,17H,2-3,6H2,1H3,(H,15,18). The summed E-state index contributed by atoms with van der Waals surface area (Å²) in [6.07, 6.45) is 0.451. The van der Waals surface area contributed by atoms with E-state index in [0.29, 0.717) is 18.6 Å². The van der Waals surface area contributed by atoms with Crippen LogP contribution in [-0.2, 0) is 0 Å². The summed E-state index contributed by atoms with van der Waals surface area (Å²) in [7, 11) is 0. The third-order valence-electron chi connectivity index (χ3n) is 2.71. The second kappa shape index (κ2) is 6.90. The molecule has 0 bridgehead atoms. The second-order valence-corrected chi connectivity index (χ2v) is 4.37. The van der Waals surface area contributed by atoms with E-state index in [1.807, 2.05) is 0 Å². The van der Waals surface area contributed by atoms with Gasteiger partial charge in [-0.15, -0.1) is 0 Å². The number of nitro groups is 1. The number of halogens is 2. The zero-order chi connectivity index (χ0) is 15.3. The van der Waals surface area contributed by atoms with E-state index in [0.717, 1.165) is 0 Å². The van der Waals surface area contributed by atoms with Gasteiger partial charge in [-0.3, -0.25) is 14.9 Å². The van der Waals surface area contributed by atoms with Crippen molar-refractivity contribution in [2.45, 2.75) is 13.3 Å². The minimum absolute atomic E-state index is 0.0394. The fraction of sp³-hybridized carbons (Fsp3) is 0.417. The quantitative estimate of drug-likeness (QED) is 0.614. The fourth-order valence-electron chi connectivity index (χ4n) is 1.54. The van der Waals surface area contributed by atoms with E-state index in [2.05, 4.69) is 5.32 Å². The lowest BCUT2D eigenvalue weighted by atomic mass is 10.1. The highest BCUT2D eigenvalue weighted by Gasteiger charge is 2.22. The predicted molar refractivity (Wildman–Crippen MR) is 66.2 cm³/mol. The SMILES string of the molecule is CC(CCO)CNC(=O)c1cc([N+](=O)[O-])c(F)cc1F. The number of carbonyl (C=O) groups excluding carboxylic acids is 1. The summed E-state index contributed by atoms with van der Waals surface area (Å²) < 4.78 is 26.6. The molecule has 0 heterocycles. The Morgan fingerprint density at radius 3 is 2.65 bits per heavy atom. The van der Waals surface area contributed by atoms with Crippen LogP contribution in [0.5, 0.6) is 0 Å². The van der Waals surface area contributed by atoms with Crippen molar-refractivity contribution in [3.8, 4) is 0 Å². The molecular weight excluding hydrogens is 274 g/mol. The molecule has 0 fully saturated rings. The number of nitro benzene ring substituents is 1. The maximum absolute atomic E-state index is 13.5. The number of carbonyl (C=O) groups is 1. The van der Waals surface area contributed by atoms with Gasteiger partial charge in [0, 0.05) is 25.3 Å². The van der Waals surface area contributed by atoms with Crippen molar-refractivity contribution in [3.63, 3.8) is 0 Å². The molecule has 6 nitrogen and oxygen atoms in total. The first-order valence-electron chi connectivity index (χ1n) is 5.89. The largest absolute Gasteiger partial charge is 0.396 e. The molecule has 0 saturated heterocycles. The van der Waals surface area contributed by atoms with Crippen molar-refractivity contribution in [2.24, 2.45) is 5.92 Å². The average molecular weight is 288 g/mol. The molecule has 2 N–H and O–H groups in total. The summed E-state index contributed by atoms with van der Waals surface area (Å²) in [6, 6.07) is 0.876. The van der Waals surface area contributed by atoms with Gasteiger partial charge in [0.15, 0.2) is 0 Å². The summed E-state index contributed by atoms with van der Waals surface area (Å²) in [6.45, 7) is 1.89. The summed E-state index contributed by atoms with van der Waals surface area (Å²) in [5, 5.41) is 21.6. The van der Waals surface area contributed by atoms with Crippen LogP contribution in [-0.4, -0.2) is 29.1 Å². The van der Waals surface area contributed by atoms with Gasteiger partial charge >= 0.3 is 5.69 Å². The molecule has 1 aromatic carbocycles. The minimum Gasteiger partial charge on any atom is -0.396 e.